The van der Waals surface area contributed by atoms with E-state index in [4.69, 9.17) is 10.5 Å². The fourth-order valence-electron chi connectivity index (χ4n) is 2.38. The van der Waals surface area contributed by atoms with Crippen molar-refractivity contribution in [1.82, 2.24) is 0 Å². The topological polar surface area (TPSA) is 35.2 Å². The number of ether oxygens (including phenoxy) is 1. The van der Waals surface area contributed by atoms with Crippen LogP contribution >= 0.6 is 0 Å². The van der Waals surface area contributed by atoms with E-state index in [-0.39, 0.29) is 6.10 Å². The van der Waals surface area contributed by atoms with Gasteiger partial charge in [0.15, 0.2) is 0 Å². The van der Waals surface area contributed by atoms with Gasteiger partial charge in [-0.25, -0.2) is 0 Å². The van der Waals surface area contributed by atoms with Gasteiger partial charge in [-0.3, -0.25) is 0 Å². The van der Waals surface area contributed by atoms with Crippen LogP contribution in [0, 0.1) is 0 Å². The highest BCUT2D eigenvalue weighted by Crippen LogP contribution is 2.32. The predicted octanol–water partition coefficient (Wildman–Crippen LogP) is 4.56. The van der Waals surface area contributed by atoms with Gasteiger partial charge in [0, 0.05) is 16.5 Å². The maximum absolute atomic E-state index is 6.11. The van der Waals surface area contributed by atoms with Gasteiger partial charge in [0.1, 0.15) is 11.9 Å². The van der Waals surface area contributed by atoms with Gasteiger partial charge in [0.05, 0.1) is 0 Å². The van der Waals surface area contributed by atoms with Gasteiger partial charge in [-0.2, -0.15) is 0 Å². The molecule has 2 N–H and O–H groups in total. The third kappa shape index (κ3) is 2.32. The SMILES string of the molecule is CC(Oc1ccc(N)c2ccccc12)c1ccccc1. The molecule has 1 atom stereocenters. The molecular formula is C18H17NO. The Morgan fingerprint density at radius 2 is 1.45 bits per heavy atom. The first-order valence-corrected chi connectivity index (χ1v) is 6.74. The van der Waals surface area contributed by atoms with Gasteiger partial charge in [-0.05, 0) is 24.6 Å². The van der Waals surface area contributed by atoms with Gasteiger partial charge < -0.3 is 10.5 Å². The first-order valence-electron chi connectivity index (χ1n) is 6.74. The molecule has 0 fully saturated rings. The normalized spacial score (nSPS) is 12.2. The first-order chi connectivity index (χ1) is 9.75. The molecule has 0 aliphatic rings. The maximum atomic E-state index is 6.11. The molecule has 0 saturated heterocycles. The summed E-state index contributed by atoms with van der Waals surface area (Å²) in [6.07, 6.45) is 0.00299. The summed E-state index contributed by atoms with van der Waals surface area (Å²) in [6, 6.07) is 22.1. The van der Waals surface area contributed by atoms with E-state index in [0.717, 1.165) is 27.8 Å². The van der Waals surface area contributed by atoms with E-state index < -0.39 is 0 Å². The molecule has 0 spiro atoms. The summed E-state index contributed by atoms with van der Waals surface area (Å²) in [7, 11) is 0. The zero-order valence-corrected chi connectivity index (χ0v) is 11.4. The molecule has 100 valence electrons. The summed E-state index contributed by atoms with van der Waals surface area (Å²) < 4.78 is 6.11. The molecule has 0 amide bonds. The van der Waals surface area contributed by atoms with Crippen LogP contribution in [-0.2, 0) is 0 Å². The summed E-state index contributed by atoms with van der Waals surface area (Å²) in [5.74, 6) is 0.867. The Morgan fingerprint density at radius 1 is 0.800 bits per heavy atom. The molecule has 0 bridgehead atoms. The number of rotatable bonds is 3. The van der Waals surface area contributed by atoms with E-state index in [0.29, 0.717) is 0 Å². The second kappa shape index (κ2) is 5.25. The predicted molar refractivity (Wildman–Crippen MR) is 83.8 cm³/mol. The van der Waals surface area contributed by atoms with E-state index in [1.165, 1.54) is 0 Å². The van der Waals surface area contributed by atoms with Crippen LogP contribution in [0.4, 0.5) is 5.69 Å². The molecule has 0 saturated carbocycles. The monoisotopic (exact) mass is 263 g/mol. The average molecular weight is 263 g/mol. The lowest BCUT2D eigenvalue weighted by molar-refractivity contribution is 0.230. The highest BCUT2D eigenvalue weighted by atomic mass is 16.5. The molecule has 20 heavy (non-hydrogen) atoms. The zero-order chi connectivity index (χ0) is 13.9. The minimum atomic E-state index is 0.00299. The van der Waals surface area contributed by atoms with E-state index in [2.05, 4.69) is 19.1 Å². The van der Waals surface area contributed by atoms with Crippen molar-refractivity contribution in [2.24, 2.45) is 0 Å². The molecule has 0 aromatic heterocycles. The van der Waals surface area contributed by atoms with E-state index in [1.807, 2.05) is 54.6 Å². The lowest BCUT2D eigenvalue weighted by Gasteiger charge is -2.17. The lowest BCUT2D eigenvalue weighted by Crippen LogP contribution is -2.03. The quantitative estimate of drug-likeness (QED) is 0.703. The Morgan fingerprint density at radius 3 is 2.20 bits per heavy atom. The van der Waals surface area contributed by atoms with Crippen molar-refractivity contribution in [1.29, 1.82) is 0 Å². The summed E-state index contributed by atoms with van der Waals surface area (Å²) in [5, 5.41) is 2.08. The number of anilines is 1. The standard InChI is InChI=1S/C18H17NO/c1-13(14-7-3-2-4-8-14)20-18-12-11-17(19)15-9-5-6-10-16(15)18/h2-13H,19H2,1H3. The van der Waals surface area contributed by atoms with Crippen molar-refractivity contribution >= 4 is 16.5 Å². The van der Waals surface area contributed by atoms with E-state index in [9.17, 15) is 0 Å². The molecule has 3 aromatic rings. The number of nitrogens with two attached hydrogens (primary N) is 1. The largest absolute Gasteiger partial charge is 0.485 e. The van der Waals surface area contributed by atoms with Crippen molar-refractivity contribution in [2.75, 3.05) is 5.73 Å². The third-order valence-electron chi connectivity index (χ3n) is 3.49. The zero-order valence-electron chi connectivity index (χ0n) is 11.4. The Kier molecular flexibility index (Phi) is 3.30. The van der Waals surface area contributed by atoms with Crippen molar-refractivity contribution in [3.8, 4) is 5.75 Å². The van der Waals surface area contributed by atoms with Gasteiger partial charge >= 0.3 is 0 Å². The number of hydrogen-bond donors (Lipinski definition) is 1. The van der Waals surface area contributed by atoms with Crippen LogP contribution in [0.15, 0.2) is 66.7 Å². The smallest absolute Gasteiger partial charge is 0.128 e. The summed E-state index contributed by atoms with van der Waals surface area (Å²) in [5.41, 5.74) is 7.95. The van der Waals surface area contributed by atoms with Gasteiger partial charge in [0.25, 0.3) is 0 Å². The van der Waals surface area contributed by atoms with Gasteiger partial charge in [0.2, 0.25) is 0 Å². The fraction of sp³-hybridized carbons (Fsp3) is 0.111. The number of fused-ring (bicyclic) bond motifs is 1. The van der Waals surface area contributed by atoms with Crippen LogP contribution in [-0.4, -0.2) is 0 Å². The molecule has 0 aliphatic heterocycles. The van der Waals surface area contributed by atoms with Crippen LogP contribution in [0.3, 0.4) is 0 Å². The number of hydrogen-bond acceptors (Lipinski definition) is 2. The second-order valence-electron chi connectivity index (χ2n) is 4.87. The van der Waals surface area contributed by atoms with Crippen molar-refractivity contribution in [3.05, 3.63) is 72.3 Å². The molecule has 3 aromatic carbocycles. The van der Waals surface area contributed by atoms with Crippen LogP contribution in [0.2, 0.25) is 0 Å². The molecule has 0 radical (unpaired) electrons. The highest BCUT2D eigenvalue weighted by molar-refractivity contribution is 5.96. The van der Waals surface area contributed by atoms with E-state index >= 15 is 0 Å². The minimum absolute atomic E-state index is 0.00299. The molecule has 1 unspecified atom stereocenters. The minimum Gasteiger partial charge on any atom is -0.485 e. The van der Waals surface area contributed by atoms with Gasteiger partial charge in [-0.1, -0.05) is 54.6 Å². The third-order valence-corrected chi connectivity index (χ3v) is 3.49. The molecular weight excluding hydrogens is 246 g/mol. The Balaban J connectivity index is 1.97. The van der Waals surface area contributed by atoms with Crippen molar-refractivity contribution < 1.29 is 4.74 Å². The highest BCUT2D eigenvalue weighted by Gasteiger charge is 2.10. The number of benzene rings is 3. The summed E-state index contributed by atoms with van der Waals surface area (Å²) >= 11 is 0. The summed E-state index contributed by atoms with van der Waals surface area (Å²) in [4.78, 5) is 0. The van der Waals surface area contributed by atoms with Crippen molar-refractivity contribution in [3.63, 3.8) is 0 Å². The number of nitrogen functional groups attached to an aromatic ring is 1. The van der Waals surface area contributed by atoms with Crippen LogP contribution in [0.5, 0.6) is 5.75 Å². The van der Waals surface area contributed by atoms with Crippen LogP contribution in [0.1, 0.15) is 18.6 Å². The first kappa shape index (κ1) is 12.5. The molecule has 3 rings (SSSR count). The molecule has 0 heterocycles. The average Bonchev–Trinajstić information content (AvgIpc) is 2.51. The van der Waals surface area contributed by atoms with Crippen LogP contribution < -0.4 is 10.5 Å². The Bertz CT molecular complexity index is 722. The molecule has 0 aliphatic carbocycles. The molecule has 2 nitrogen and oxygen atoms in total. The van der Waals surface area contributed by atoms with E-state index in [1.54, 1.807) is 0 Å². The second-order valence-corrected chi connectivity index (χ2v) is 4.87. The maximum Gasteiger partial charge on any atom is 0.128 e. The van der Waals surface area contributed by atoms with Crippen LogP contribution in [0.25, 0.3) is 10.8 Å². The Labute approximate surface area is 118 Å². The summed E-state index contributed by atoms with van der Waals surface area (Å²) in [6.45, 7) is 2.06. The fourth-order valence-corrected chi connectivity index (χ4v) is 2.38. The van der Waals surface area contributed by atoms with Crippen molar-refractivity contribution in [2.45, 2.75) is 13.0 Å². The van der Waals surface area contributed by atoms with Gasteiger partial charge in [-0.15, -0.1) is 0 Å². The molecule has 2 heteroatoms. The Hall–Kier alpha value is -2.48. The lowest BCUT2D eigenvalue weighted by atomic mass is 10.1.